The summed E-state index contributed by atoms with van der Waals surface area (Å²) in [7, 11) is 0. The number of phenolic OH excluding ortho intramolecular Hbond substituents is 1. The van der Waals surface area contributed by atoms with Gasteiger partial charge in [-0.15, -0.1) is 0 Å². The topological polar surface area (TPSA) is 46.5 Å². The van der Waals surface area contributed by atoms with Gasteiger partial charge in [-0.1, -0.05) is 106 Å². The monoisotopic (exact) mass is 492 g/mol. The molecule has 1 rings (SSSR count). The summed E-state index contributed by atoms with van der Waals surface area (Å²) < 4.78 is 5.57. The van der Waals surface area contributed by atoms with Crippen molar-refractivity contribution >= 4 is 17.7 Å². The zero-order valence-electron chi connectivity index (χ0n) is 23.4. The molecule has 0 amide bonds. The van der Waals surface area contributed by atoms with E-state index in [1.165, 1.54) is 51.4 Å². The second-order valence-electron chi connectivity index (χ2n) is 11.9. The molecule has 1 atom stereocenters. The molecule has 1 N–H and O–H groups in total. The van der Waals surface area contributed by atoms with Gasteiger partial charge in [0.25, 0.3) is 0 Å². The van der Waals surface area contributed by atoms with Crippen molar-refractivity contribution in [3.05, 3.63) is 28.8 Å². The minimum absolute atomic E-state index is 0.137. The number of hydrogen-bond donors (Lipinski definition) is 1. The van der Waals surface area contributed by atoms with Gasteiger partial charge in [-0.3, -0.25) is 4.79 Å². The highest BCUT2D eigenvalue weighted by Crippen LogP contribution is 2.40. The number of unbranched alkanes of at least 4 members (excludes halogenated alkanes) is 7. The highest BCUT2D eigenvalue weighted by atomic mass is 32.2. The third-order valence-corrected chi connectivity index (χ3v) is 7.51. The fourth-order valence-corrected chi connectivity index (χ4v) is 5.02. The molecule has 3 nitrogen and oxygen atoms in total. The van der Waals surface area contributed by atoms with Gasteiger partial charge in [-0.2, -0.15) is 11.8 Å². The summed E-state index contributed by atoms with van der Waals surface area (Å²) >= 11 is 1.91. The first-order valence-corrected chi connectivity index (χ1v) is 14.5. The van der Waals surface area contributed by atoms with Gasteiger partial charge in [0.05, 0.1) is 0 Å². The molecule has 0 saturated carbocycles. The van der Waals surface area contributed by atoms with Crippen molar-refractivity contribution in [2.75, 3.05) is 12.4 Å². The lowest BCUT2D eigenvalue weighted by Gasteiger charge is -2.28. The number of thioether (sulfide) groups is 1. The third kappa shape index (κ3) is 12.0. The predicted octanol–water partition coefficient (Wildman–Crippen LogP) is 8.73. The van der Waals surface area contributed by atoms with E-state index in [1.807, 2.05) is 11.8 Å². The van der Waals surface area contributed by atoms with Gasteiger partial charge in [0.15, 0.2) is 0 Å². The normalized spacial score (nSPS) is 13.2. The van der Waals surface area contributed by atoms with Crippen LogP contribution < -0.4 is 0 Å². The molecule has 0 aliphatic heterocycles. The van der Waals surface area contributed by atoms with Crippen LogP contribution in [0.4, 0.5) is 0 Å². The molecule has 0 heterocycles. The zero-order valence-corrected chi connectivity index (χ0v) is 24.2. The Bertz CT molecular complexity index is 693. The van der Waals surface area contributed by atoms with Gasteiger partial charge in [-0.25, -0.2) is 0 Å². The predicted molar refractivity (Wildman–Crippen MR) is 149 cm³/mol. The molecule has 0 aliphatic carbocycles. The SMILES string of the molecule is CCCCCCCCCCSC(C)COC(=O)CCc1cc(C(C)(C)C)c(O)c(C(C)(C)C)c1. The summed E-state index contributed by atoms with van der Waals surface area (Å²) in [5, 5.41) is 11.2. The zero-order chi connectivity index (χ0) is 25.8. The Labute approximate surface area is 214 Å². The first-order chi connectivity index (χ1) is 15.9. The number of hydrogen-bond acceptors (Lipinski definition) is 4. The summed E-state index contributed by atoms with van der Waals surface area (Å²) in [4.78, 5) is 12.4. The van der Waals surface area contributed by atoms with Gasteiger partial charge in [0.2, 0.25) is 0 Å². The Morgan fingerprint density at radius 2 is 1.41 bits per heavy atom. The first-order valence-electron chi connectivity index (χ1n) is 13.5. The second kappa shape index (κ2) is 15.1. The van der Waals surface area contributed by atoms with E-state index in [1.54, 1.807) is 0 Å². The van der Waals surface area contributed by atoms with Crippen molar-refractivity contribution in [1.29, 1.82) is 0 Å². The highest BCUT2D eigenvalue weighted by molar-refractivity contribution is 7.99. The number of benzene rings is 1. The van der Waals surface area contributed by atoms with E-state index in [-0.39, 0.29) is 16.8 Å². The summed E-state index contributed by atoms with van der Waals surface area (Å²) in [6.45, 7) is 17.6. The van der Waals surface area contributed by atoms with Crippen LogP contribution >= 0.6 is 11.8 Å². The van der Waals surface area contributed by atoms with Crippen LogP contribution in [-0.2, 0) is 26.8 Å². The van der Waals surface area contributed by atoms with Crippen LogP contribution in [0, 0.1) is 0 Å². The molecule has 0 spiro atoms. The van der Waals surface area contributed by atoms with Crippen LogP contribution in [0.25, 0.3) is 0 Å². The van der Waals surface area contributed by atoms with Crippen LogP contribution in [0.5, 0.6) is 5.75 Å². The van der Waals surface area contributed by atoms with Crippen LogP contribution in [0.2, 0.25) is 0 Å². The molecule has 196 valence electrons. The molecule has 1 aromatic rings. The number of carbonyl (C=O) groups is 1. The van der Waals surface area contributed by atoms with Crippen LogP contribution in [0.15, 0.2) is 12.1 Å². The van der Waals surface area contributed by atoms with E-state index in [0.29, 0.717) is 30.4 Å². The number of phenols is 1. The van der Waals surface area contributed by atoms with Crippen molar-refractivity contribution in [1.82, 2.24) is 0 Å². The maximum atomic E-state index is 12.4. The molecule has 0 saturated heterocycles. The molecule has 4 heteroatoms. The van der Waals surface area contributed by atoms with Crippen molar-refractivity contribution in [2.45, 2.75) is 136 Å². The molecule has 0 aromatic heterocycles. The van der Waals surface area contributed by atoms with E-state index in [0.717, 1.165) is 22.4 Å². The lowest BCUT2D eigenvalue weighted by atomic mass is 9.78. The van der Waals surface area contributed by atoms with Crippen LogP contribution in [0.1, 0.15) is 130 Å². The molecule has 34 heavy (non-hydrogen) atoms. The molecular weight excluding hydrogens is 440 g/mol. The molecule has 0 radical (unpaired) electrons. The van der Waals surface area contributed by atoms with E-state index in [2.05, 4.69) is 67.5 Å². The average Bonchev–Trinajstić information content (AvgIpc) is 2.74. The van der Waals surface area contributed by atoms with Crippen LogP contribution in [0.3, 0.4) is 0 Å². The summed E-state index contributed by atoms with van der Waals surface area (Å²) in [5.74, 6) is 1.39. The number of aromatic hydroxyl groups is 1. The van der Waals surface area contributed by atoms with E-state index in [4.69, 9.17) is 4.74 Å². The molecular formula is C30H52O3S. The number of esters is 1. The quantitative estimate of drug-likeness (QED) is 0.196. The van der Waals surface area contributed by atoms with Gasteiger partial charge in [-0.05, 0) is 53.0 Å². The Hall–Kier alpha value is -1.16. The maximum Gasteiger partial charge on any atom is 0.306 e. The fraction of sp³-hybridized carbons (Fsp3) is 0.767. The summed E-state index contributed by atoms with van der Waals surface area (Å²) in [6.07, 6.45) is 11.7. The largest absolute Gasteiger partial charge is 0.507 e. The van der Waals surface area contributed by atoms with Crippen molar-refractivity contribution in [3.63, 3.8) is 0 Å². The molecule has 1 aromatic carbocycles. The summed E-state index contributed by atoms with van der Waals surface area (Å²) in [6, 6.07) is 4.11. The van der Waals surface area contributed by atoms with E-state index < -0.39 is 0 Å². The molecule has 0 aliphatic rings. The number of carbonyl (C=O) groups excluding carboxylic acids is 1. The smallest absolute Gasteiger partial charge is 0.306 e. The van der Waals surface area contributed by atoms with Crippen molar-refractivity contribution < 1.29 is 14.6 Å². The van der Waals surface area contributed by atoms with E-state index in [9.17, 15) is 9.90 Å². The Morgan fingerprint density at radius 3 is 1.91 bits per heavy atom. The maximum absolute atomic E-state index is 12.4. The molecule has 0 fully saturated rings. The van der Waals surface area contributed by atoms with Gasteiger partial charge in [0, 0.05) is 11.7 Å². The minimum Gasteiger partial charge on any atom is -0.507 e. The van der Waals surface area contributed by atoms with Crippen molar-refractivity contribution in [2.24, 2.45) is 0 Å². The standard InChI is InChI=1S/C30H52O3S/c1-9-10-11-12-13-14-15-16-19-34-23(2)22-33-27(31)18-17-24-20-25(29(3,4)5)28(32)26(21-24)30(6,7)8/h20-21,23,32H,9-19,22H2,1-8H3. The lowest BCUT2D eigenvalue weighted by molar-refractivity contribution is -0.143. The summed E-state index contributed by atoms with van der Waals surface area (Å²) in [5.41, 5.74) is 2.63. The lowest BCUT2D eigenvalue weighted by Crippen LogP contribution is -2.18. The highest BCUT2D eigenvalue weighted by Gasteiger charge is 2.26. The Morgan fingerprint density at radius 1 is 0.912 bits per heavy atom. The number of ether oxygens (including phenoxy) is 1. The second-order valence-corrected chi connectivity index (χ2v) is 13.4. The Balaban J connectivity index is 2.41. The minimum atomic E-state index is -0.164. The number of rotatable bonds is 15. The van der Waals surface area contributed by atoms with Gasteiger partial charge >= 0.3 is 5.97 Å². The number of aryl methyl sites for hydroxylation is 1. The fourth-order valence-electron chi connectivity index (χ4n) is 4.08. The molecule has 0 bridgehead atoms. The molecule has 1 unspecified atom stereocenters. The average molecular weight is 493 g/mol. The van der Waals surface area contributed by atoms with Crippen LogP contribution in [-0.4, -0.2) is 28.7 Å². The third-order valence-electron chi connectivity index (χ3n) is 6.28. The van der Waals surface area contributed by atoms with Gasteiger partial charge < -0.3 is 9.84 Å². The van der Waals surface area contributed by atoms with Crippen molar-refractivity contribution in [3.8, 4) is 5.75 Å². The van der Waals surface area contributed by atoms with E-state index >= 15 is 0 Å². The first kappa shape index (κ1) is 30.9. The Kier molecular flexibility index (Phi) is 13.7. The van der Waals surface area contributed by atoms with Gasteiger partial charge in [0.1, 0.15) is 12.4 Å².